The van der Waals surface area contributed by atoms with Crippen molar-refractivity contribution in [3.8, 4) is 5.75 Å². The summed E-state index contributed by atoms with van der Waals surface area (Å²) in [5.74, 6) is -0.271. The van der Waals surface area contributed by atoms with Crippen molar-refractivity contribution in [1.82, 2.24) is 10.6 Å². The second-order valence-electron chi connectivity index (χ2n) is 6.64. The molecule has 6 nitrogen and oxygen atoms in total. The SMILES string of the molecule is COc1ccc(C(CC(=O)NCC(O)c2ccccc2C(F)(F)F)NC(C)=O)cc1. The number of rotatable bonds is 8. The number of ether oxygens (including phenoxy) is 1. The number of alkyl halides is 3. The standard InChI is InChI=1S/C21H23F3N2O4/c1-13(27)26-18(14-7-9-15(30-2)10-8-14)11-20(29)25-12-19(28)16-5-3-4-6-17(16)21(22,23)24/h3-10,18-19,28H,11-12H2,1-2H3,(H,25,29)(H,26,27). The Kier molecular flexibility index (Phi) is 7.82. The van der Waals surface area contributed by atoms with Gasteiger partial charge in [0.05, 0.1) is 31.2 Å². The van der Waals surface area contributed by atoms with Crippen LogP contribution in [-0.2, 0) is 15.8 Å². The number of halogens is 3. The number of hydrogen-bond acceptors (Lipinski definition) is 4. The minimum atomic E-state index is -4.62. The topological polar surface area (TPSA) is 87.7 Å². The van der Waals surface area contributed by atoms with Crippen LogP contribution in [0.25, 0.3) is 0 Å². The molecule has 162 valence electrons. The maximum atomic E-state index is 13.1. The number of amides is 2. The average Bonchev–Trinajstić information content (AvgIpc) is 2.70. The van der Waals surface area contributed by atoms with Gasteiger partial charge in [0.2, 0.25) is 11.8 Å². The number of aliphatic hydroxyl groups is 1. The molecule has 2 amide bonds. The molecule has 0 saturated heterocycles. The molecule has 2 unspecified atom stereocenters. The lowest BCUT2D eigenvalue weighted by Gasteiger charge is -2.20. The van der Waals surface area contributed by atoms with Crippen LogP contribution in [0.4, 0.5) is 13.2 Å². The summed E-state index contributed by atoms with van der Waals surface area (Å²) in [7, 11) is 1.51. The zero-order valence-electron chi connectivity index (χ0n) is 16.5. The van der Waals surface area contributed by atoms with Crippen LogP contribution >= 0.6 is 0 Å². The molecule has 0 spiro atoms. The summed E-state index contributed by atoms with van der Waals surface area (Å²) >= 11 is 0. The molecule has 0 heterocycles. The first-order valence-corrected chi connectivity index (χ1v) is 9.13. The molecule has 2 aromatic carbocycles. The lowest BCUT2D eigenvalue weighted by molar-refractivity contribution is -0.139. The monoisotopic (exact) mass is 424 g/mol. The molecule has 0 aliphatic rings. The number of carbonyl (C=O) groups is 2. The highest BCUT2D eigenvalue weighted by molar-refractivity contribution is 5.79. The van der Waals surface area contributed by atoms with E-state index in [0.29, 0.717) is 11.3 Å². The predicted octanol–water partition coefficient (Wildman–Crippen LogP) is 3.13. The van der Waals surface area contributed by atoms with E-state index in [2.05, 4.69) is 10.6 Å². The van der Waals surface area contributed by atoms with Crippen LogP contribution in [0.15, 0.2) is 48.5 Å². The van der Waals surface area contributed by atoms with Crippen molar-refractivity contribution < 1.29 is 32.6 Å². The average molecular weight is 424 g/mol. The van der Waals surface area contributed by atoms with Crippen LogP contribution < -0.4 is 15.4 Å². The highest BCUT2D eigenvalue weighted by atomic mass is 19.4. The Hall–Kier alpha value is -3.07. The van der Waals surface area contributed by atoms with Crippen LogP contribution in [0, 0.1) is 0 Å². The molecule has 2 atom stereocenters. The van der Waals surface area contributed by atoms with Crippen molar-refractivity contribution in [3.05, 3.63) is 65.2 Å². The van der Waals surface area contributed by atoms with Gasteiger partial charge in [-0.25, -0.2) is 0 Å². The first-order chi connectivity index (χ1) is 14.1. The molecular formula is C21H23F3N2O4. The molecule has 3 N–H and O–H groups in total. The Bertz CT molecular complexity index is 869. The molecule has 30 heavy (non-hydrogen) atoms. The third-order valence-corrected chi connectivity index (χ3v) is 4.40. The van der Waals surface area contributed by atoms with Crippen molar-refractivity contribution >= 4 is 11.8 Å². The number of methoxy groups -OCH3 is 1. The van der Waals surface area contributed by atoms with E-state index in [1.807, 2.05) is 0 Å². The van der Waals surface area contributed by atoms with Crippen molar-refractivity contribution in [2.45, 2.75) is 31.7 Å². The van der Waals surface area contributed by atoms with Gasteiger partial charge in [0.15, 0.2) is 0 Å². The van der Waals surface area contributed by atoms with Gasteiger partial charge in [-0.2, -0.15) is 13.2 Å². The van der Waals surface area contributed by atoms with E-state index < -0.39 is 36.3 Å². The summed E-state index contributed by atoms with van der Waals surface area (Å²) in [6.45, 7) is 0.910. The van der Waals surface area contributed by atoms with Crippen LogP contribution in [0.5, 0.6) is 5.75 Å². The molecule has 0 aliphatic heterocycles. The Morgan fingerprint density at radius 3 is 2.30 bits per heavy atom. The molecule has 0 radical (unpaired) electrons. The third-order valence-electron chi connectivity index (χ3n) is 4.40. The zero-order valence-corrected chi connectivity index (χ0v) is 16.5. The van der Waals surface area contributed by atoms with Crippen molar-refractivity contribution in [2.75, 3.05) is 13.7 Å². The number of nitrogens with one attached hydrogen (secondary N) is 2. The summed E-state index contributed by atoms with van der Waals surface area (Å²) in [5, 5.41) is 15.3. The Balaban J connectivity index is 2.04. The first kappa shape index (κ1) is 23.2. The van der Waals surface area contributed by atoms with Gasteiger partial charge in [0, 0.05) is 13.5 Å². The van der Waals surface area contributed by atoms with Crippen molar-refractivity contribution in [2.24, 2.45) is 0 Å². The number of aliphatic hydroxyl groups excluding tert-OH is 1. The molecule has 2 rings (SSSR count). The summed E-state index contributed by atoms with van der Waals surface area (Å²) in [6.07, 6.45) is -6.31. The normalized spacial score (nSPS) is 13.3. The fourth-order valence-corrected chi connectivity index (χ4v) is 2.96. The molecular weight excluding hydrogens is 401 g/mol. The predicted molar refractivity (Wildman–Crippen MR) is 104 cm³/mol. The fraction of sp³-hybridized carbons (Fsp3) is 0.333. The summed E-state index contributed by atoms with van der Waals surface area (Å²) in [6, 6.07) is 10.8. The fourth-order valence-electron chi connectivity index (χ4n) is 2.96. The van der Waals surface area contributed by atoms with E-state index in [0.717, 1.165) is 12.1 Å². The first-order valence-electron chi connectivity index (χ1n) is 9.13. The van der Waals surface area contributed by atoms with Gasteiger partial charge in [-0.15, -0.1) is 0 Å². The summed E-state index contributed by atoms with van der Waals surface area (Å²) in [4.78, 5) is 23.8. The number of benzene rings is 2. The Morgan fingerprint density at radius 1 is 1.10 bits per heavy atom. The highest BCUT2D eigenvalue weighted by Gasteiger charge is 2.34. The van der Waals surface area contributed by atoms with Gasteiger partial charge < -0.3 is 20.5 Å². The van der Waals surface area contributed by atoms with E-state index in [9.17, 15) is 27.9 Å². The lowest BCUT2D eigenvalue weighted by atomic mass is 10.0. The van der Waals surface area contributed by atoms with Crippen molar-refractivity contribution in [3.63, 3.8) is 0 Å². The minimum Gasteiger partial charge on any atom is -0.497 e. The smallest absolute Gasteiger partial charge is 0.416 e. The van der Waals surface area contributed by atoms with E-state index in [1.54, 1.807) is 24.3 Å². The molecule has 0 saturated carbocycles. The summed E-state index contributed by atoms with van der Waals surface area (Å²) in [5.41, 5.74) is -0.621. The van der Waals surface area contributed by atoms with Gasteiger partial charge in [-0.3, -0.25) is 9.59 Å². The molecule has 0 bridgehead atoms. The van der Waals surface area contributed by atoms with Gasteiger partial charge in [-0.1, -0.05) is 30.3 Å². The van der Waals surface area contributed by atoms with E-state index in [-0.39, 0.29) is 17.9 Å². The van der Waals surface area contributed by atoms with Gasteiger partial charge in [0.25, 0.3) is 0 Å². The lowest BCUT2D eigenvalue weighted by Crippen LogP contribution is -2.34. The zero-order chi connectivity index (χ0) is 22.3. The molecule has 9 heteroatoms. The van der Waals surface area contributed by atoms with Gasteiger partial charge in [-0.05, 0) is 29.3 Å². The maximum absolute atomic E-state index is 13.1. The minimum absolute atomic E-state index is 0.153. The molecule has 2 aromatic rings. The second-order valence-corrected chi connectivity index (χ2v) is 6.64. The number of carbonyl (C=O) groups excluding carboxylic acids is 2. The highest BCUT2D eigenvalue weighted by Crippen LogP contribution is 2.34. The van der Waals surface area contributed by atoms with Gasteiger partial charge in [0.1, 0.15) is 5.75 Å². The van der Waals surface area contributed by atoms with E-state index in [4.69, 9.17) is 4.74 Å². The van der Waals surface area contributed by atoms with Crippen LogP contribution in [0.3, 0.4) is 0 Å². The number of hydrogen-bond donors (Lipinski definition) is 3. The van der Waals surface area contributed by atoms with Crippen molar-refractivity contribution in [1.29, 1.82) is 0 Å². The third kappa shape index (κ3) is 6.48. The van der Waals surface area contributed by atoms with E-state index >= 15 is 0 Å². The van der Waals surface area contributed by atoms with E-state index in [1.165, 1.54) is 26.2 Å². The molecule has 0 aromatic heterocycles. The second kappa shape index (κ2) is 10.1. The molecule has 0 aliphatic carbocycles. The van der Waals surface area contributed by atoms with Gasteiger partial charge >= 0.3 is 6.18 Å². The van der Waals surface area contributed by atoms with Crippen LogP contribution in [0.2, 0.25) is 0 Å². The quantitative estimate of drug-likeness (QED) is 0.608. The summed E-state index contributed by atoms with van der Waals surface area (Å²) < 4.78 is 44.4. The Labute approximate surface area is 172 Å². The molecule has 0 fully saturated rings. The largest absolute Gasteiger partial charge is 0.497 e. The Morgan fingerprint density at radius 2 is 1.73 bits per heavy atom. The van der Waals surface area contributed by atoms with Crippen LogP contribution in [0.1, 0.15) is 42.2 Å². The maximum Gasteiger partial charge on any atom is 0.416 e. The van der Waals surface area contributed by atoms with Crippen LogP contribution in [-0.4, -0.2) is 30.6 Å².